The average Bonchev–Trinajstić information content (AvgIpc) is 2.59. The van der Waals surface area contributed by atoms with Crippen molar-refractivity contribution in [3.8, 4) is 0 Å². The van der Waals surface area contributed by atoms with E-state index in [0.717, 1.165) is 22.8 Å². The normalized spacial score (nSPS) is 11.3. The van der Waals surface area contributed by atoms with Crippen molar-refractivity contribution in [2.75, 3.05) is 5.32 Å². The Balaban J connectivity index is 2.07. The Hall–Kier alpha value is -2.87. The van der Waals surface area contributed by atoms with Crippen LogP contribution < -0.4 is 5.32 Å². The first-order valence-electron chi connectivity index (χ1n) is 7.76. The Morgan fingerprint density at radius 2 is 1.26 bits per heavy atom. The Bertz CT molecular complexity index is 786. The highest BCUT2D eigenvalue weighted by molar-refractivity contribution is 6.09. The zero-order valence-corrected chi connectivity index (χ0v) is 13.5. The summed E-state index contributed by atoms with van der Waals surface area (Å²) in [6.45, 7) is 4.19. The van der Waals surface area contributed by atoms with Crippen molar-refractivity contribution >= 4 is 17.2 Å². The van der Waals surface area contributed by atoms with E-state index >= 15 is 0 Å². The van der Waals surface area contributed by atoms with Gasteiger partial charge in [0.15, 0.2) is 0 Å². The SMILES string of the molecule is Cc1cccc(C)c1N=C(Nc1ccccc1)c1ccccc1. The fourth-order valence-corrected chi connectivity index (χ4v) is 2.51. The van der Waals surface area contributed by atoms with Crippen LogP contribution in [-0.4, -0.2) is 5.84 Å². The van der Waals surface area contributed by atoms with Gasteiger partial charge in [-0.05, 0) is 37.1 Å². The van der Waals surface area contributed by atoms with E-state index in [1.807, 2.05) is 48.5 Å². The van der Waals surface area contributed by atoms with Crippen LogP contribution in [0.3, 0.4) is 0 Å². The number of aryl methyl sites for hydroxylation is 2. The summed E-state index contributed by atoms with van der Waals surface area (Å²) < 4.78 is 0. The van der Waals surface area contributed by atoms with Crippen LogP contribution in [0.15, 0.2) is 83.9 Å². The summed E-state index contributed by atoms with van der Waals surface area (Å²) in [6, 6.07) is 26.6. The number of anilines is 1. The van der Waals surface area contributed by atoms with Crippen molar-refractivity contribution in [1.82, 2.24) is 0 Å². The summed E-state index contributed by atoms with van der Waals surface area (Å²) >= 11 is 0. The number of para-hydroxylation sites is 2. The van der Waals surface area contributed by atoms with Crippen LogP contribution in [0.1, 0.15) is 16.7 Å². The molecule has 0 aliphatic rings. The molecule has 0 amide bonds. The number of aliphatic imine (C=N–C) groups is 1. The first-order valence-corrected chi connectivity index (χ1v) is 7.76. The number of rotatable bonds is 3. The minimum Gasteiger partial charge on any atom is -0.340 e. The van der Waals surface area contributed by atoms with Crippen molar-refractivity contribution in [2.24, 2.45) is 4.99 Å². The minimum absolute atomic E-state index is 0.856. The van der Waals surface area contributed by atoms with Crippen LogP contribution in [0.2, 0.25) is 0 Å². The number of amidine groups is 1. The molecule has 0 saturated carbocycles. The molecule has 0 atom stereocenters. The lowest BCUT2D eigenvalue weighted by atomic mass is 10.1. The third-order valence-electron chi connectivity index (χ3n) is 3.75. The van der Waals surface area contributed by atoms with Gasteiger partial charge in [0.1, 0.15) is 5.84 Å². The fraction of sp³-hybridized carbons (Fsp3) is 0.0952. The number of hydrogen-bond acceptors (Lipinski definition) is 1. The molecule has 0 saturated heterocycles. The lowest BCUT2D eigenvalue weighted by Gasteiger charge is -2.12. The molecule has 23 heavy (non-hydrogen) atoms. The van der Waals surface area contributed by atoms with Crippen LogP contribution in [0.4, 0.5) is 11.4 Å². The molecule has 0 fully saturated rings. The van der Waals surface area contributed by atoms with Gasteiger partial charge < -0.3 is 5.32 Å². The van der Waals surface area contributed by atoms with Gasteiger partial charge in [-0.25, -0.2) is 4.99 Å². The van der Waals surface area contributed by atoms with Gasteiger partial charge in [0.2, 0.25) is 0 Å². The first-order chi connectivity index (χ1) is 11.2. The zero-order chi connectivity index (χ0) is 16.1. The molecule has 0 unspecified atom stereocenters. The Kier molecular flexibility index (Phi) is 4.53. The van der Waals surface area contributed by atoms with E-state index in [1.165, 1.54) is 11.1 Å². The monoisotopic (exact) mass is 300 g/mol. The van der Waals surface area contributed by atoms with E-state index in [0.29, 0.717) is 0 Å². The van der Waals surface area contributed by atoms with Crippen LogP contribution >= 0.6 is 0 Å². The lowest BCUT2D eigenvalue weighted by molar-refractivity contribution is 1.32. The highest BCUT2D eigenvalue weighted by atomic mass is 15.0. The third kappa shape index (κ3) is 3.67. The summed E-state index contributed by atoms with van der Waals surface area (Å²) in [4.78, 5) is 4.93. The Morgan fingerprint density at radius 1 is 0.696 bits per heavy atom. The largest absolute Gasteiger partial charge is 0.340 e. The molecule has 0 heterocycles. The van der Waals surface area contributed by atoms with Crippen LogP contribution in [0.25, 0.3) is 0 Å². The predicted molar refractivity (Wildman–Crippen MR) is 98.6 cm³/mol. The molecular formula is C21H20N2. The molecule has 0 aromatic heterocycles. The van der Waals surface area contributed by atoms with E-state index in [-0.39, 0.29) is 0 Å². The van der Waals surface area contributed by atoms with Gasteiger partial charge in [-0.2, -0.15) is 0 Å². The first kappa shape index (κ1) is 15.0. The van der Waals surface area contributed by atoms with Crippen LogP contribution in [-0.2, 0) is 0 Å². The van der Waals surface area contributed by atoms with E-state index in [4.69, 9.17) is 4.99 Å². The smallest absolute Gasteiger partial charge is 0.138 e. The van der Waals surface area contributed by atoms with Gasteiger partial charge in [-0.1, -0.05) is 66.7 Å². The third-order valence-corrected chi connectivity index (χ3v) is 3.75. The number of nitrogens with zero attached hydrogens (tertiary/aromatic N) is 1. The summed E-state index contributed by atoms with van der Waals surface area (Å²) in [6.07, 6.45) is 0. The van der Waals surface area contributed by atoms with Crippen molar-refractivity contribution in [3.63, 3.8) is 0 Å². The van der Waals surface area contributed by atoms with Gasteiger partial charge in [0, 0.05) is 11.3 Å². The molecule has 0 aliphatic carbocycles. The molecule has 2 heteroatoms. The molecule has 0 radical (unpaired) electrons. The van der Waals surface area contributed by atoms with Crippen LogP contribution in [0, 0.1) is 13.8 Å². The Labute approximate surface area is 137 Å². The predicted octanol–water partition coefficient (Wildman–Crippen LogP) is 5.49. The maximum absolute atomic E-state index is 4.93. The van der Waals surface area contributed by atoms with Crippen molar-refractivity contribution in [1.29, 1.82) is 0 Å². The minimum atomic E-state index is 0.856. The highest BCUT2D eigenvalue weighted by Gasteiger charge is 2.07. The molecule has 3 aromatic rings. The summed E-state index contributed by atoms with van der Waals surface area (Å²) in [5.74, 6) is 0.856. The highest BCUT2D eigenvalue weighted by Crippen LogP contribution is 2.24. The average molecular weight is 300 g/mol. The van der Waals surface area contributed by atoms with Gasteiger partial charge >= 0.3 is 0 Å². The molecule has 3 aromatic carbocycles. The number of hydrogen-bond donors (Lipinski definition) is 1. The standard InChI is InChI=1S/C21H20N2/c1-16-10-9-11-17(2)20(16)23-21(18-12-5-3-6-13-18)22-19-14-7-4-8-15-19/h3-15H,1-2H3,(H,22,23). The van der Waals surface area contributed by atoms with Gasteiger partial charge in [-0.3, -0.25) is 0 Å². The van der Waals surface area contributed by atoms with E-state index in [9.17, 15) is 0 Å². The molecular weight excluding hydrogens is 280 g/mol. The molecule has 1 N–H and O–H groups in total. The van der Waals surface area contributed by atoms with Gasteiger partial charge in [-0.15, -0.1) is 0 Å². The fourth-order valence-electron chi connectivity index (χ4n) is 2.51. The molecule has 0 spiro atoms. The van der Waals surface area contributed by atoms with E-state index < -0.39 is 0 Å². The second-order valence-corrected chi connectivity index (χ2v) is 5.56. The quantitative estimate of drug-likeness (QED) is 0.501. The zero-order valence-electron chi connectivity index (χ0n) is 13.5. The second-order valence-electron chi connectivity index (χ2n) is 5.56. The topological polar surface area (TPSA) is 24.4 Å². The molecule has 0 aliphatic heterocycles. The summed E-state index contributed by atoms with van der Waals surface area (Å²) in [5.41, 5.74) is 5.47. The second kappa shape index (κ2) is 6.93. The molecule has 114 valence electrons. The molecule has 0 bridgehead atoms. The maximum Gasteiger partial charge on any atom is 0.138 e. The summed E-state index contributed by atoms with van der Waals surface area (Å²) in [5, 5.41) is 3.45. The van der Waals surface area contributed by atoms with E-state index in [2.05, 4.69) is 49.5 Å². The van der Waals surface area contributed by atoms with Gasteiger partial charge in [0.05, 0.1) is 5.69 Å². The number of nitrogens with one attached hydrogen (secondary N) is 1. The van der Waals surface area contributed by atoms with Gasteiger partial charge in [0.25, 0.3) is 0 Å². The molecule has 3 rings (SSSR count). The van der Waals surface area contributed by atoms with Crippen molar-refractivity contribution < 1.29 is 0 Å². The molecule has 2 nitrogen and oxygen atoms in total. The maximum atomic E-state index is 4.93. The van der Waals surface area contributed by atoms with E-state index in [1.54, 1.807) is 0 Å². The number of benzene rings is 3. The van der Waals surface area contributed by atoms with Crippen molar-refractivity contribution in [2.45, 2.75) is 13.8 Å². The lowest BCUT2D eigenvalue weighted by Crippen LogP contribution is -2.13. The van der Waals surface area contributed by atoms with Crippen LogP contribution in [0.5, 0.6) is 0 Å². The summed E-state index contributed by atoms with van der Waals surface area (Å²) in [7, 11) is 0. The van der Waals surface area contributed by atoms with Crippen molar-refractivity contribution in [3.05, 3.63) is 95.6 Å². The Morgan fingerprint density at radius 3 is 1.87 bits per heavy atom.